The monoisotopic (exact) mass is 142 g/mol. The number of rotatable bonds is 2. The molecule has 9 heavy (non-hydrogen) atoms. The molecular weight excluding hydrogens is 132 g/mol. The van der Waals surface area contributed by atoms with Crippen LogP contribution in [0, 0.1) is 0 Å². The molecule has 1 atom stereocenters. The van der Waals surface area contributed by atoms with Crippen molar-refractivity contribution >= 4 is 5.97 Å². The van der Waals surface area contributed by atoms with Crippen molar-refractivity contribution < 1.29 is 31.1 Å². The fraction of sp³-hybridized carbons (Fsp3) is 0.667. The van der Waals surface area contributed by atoms with Gasteiger partial charge in [0.05, 0.1) is 6.61 Å². The maximum atomic E-state index is 9.52. The van der Waals surface area contributed by atoms with Gasteiger partial charge >= 0.3 is 5.97 Å². The number of aliphatic hydroxyl groups excluding tert-OH is 2. The van der Waals surface area contributed by atoms with Crippen LogP contribution in [0.4, 0.5) is 0 Å². The van der Waals surface area contributed by atoms with Crippen molar-refractivity contribution in [3.05, 3.63) is 0 Å². The lowest BCUT2D eigenvalue weighted by molar-refractivity contribution is -0.148. The van der Waals surface area contributed by atoms with Crippen molar-refractivity contribution in [1.29, 1.82) is 0 Å². The van der Waals surface area contributed by atoms with Gasteiger partial charge in [0.2, 0.25) is 0 Å². The van der Waals surface area contributed by atoms with E-state index >= 15 is 0 Å². The van der Waals surface area contributed by atoms with E-state index in [0.29, 0.717) is 0 Å². The highest BCUT2D eigenvalue weighted by atomic mass is 16.4. The van der Waals surface area contributed by atoms with Crippen molar-refractivity contribution in [1.82, 2.24) is 0 Å². The fourth-order valence-electron chi connectivity index (χ4n) is 0.0781. The maximum Gasteiger partial charge on any atom is 0.334 e. The Morgan fingerprint density at radius 1 is 1.44 bits per heavy atom. The highest BCUT2D eigenvalue weighted by molar-refractivity contribution is 5.71. The largest absolute Gasteiger partial charge is 0.479 e. The SMILES string of the molecule is O.O.O=C(O)C(O)CO. The van der Waals surface area contributed by atoms with Gasteiger partial charge in [0, 0.05) is 0 Å². The van der Waals surface area contributed by atoms with Gasteiger partial charge in [-0.1, -0.05) is 0 Å². The average molecular weight is 142 g/mol. The van der Waals surface area contributed by atoms with E-state index in [0.717, 1.165) is 0 Å². The van der Waals surface area contributed by atoms with Crippen molar-refractivity contribution in [2.24, 2.45) is 0 Å². The number of carboxylic acid groups (broad SMARTS) is 1. The lowest BCUT2D eigenvalue weighted by atomic mass is 10.4. The zero-order valence-corrected chi connectivity index (χ0v) is 4.53. The zero-order valence-electron chi connectivity index (χ0n) is 4.53. The number of hydrogen-bond donors (Lipinski definition) is 3. The molecule has 7 N–H and O–H groups in total. The molecular formula is C3H10O6. The van der Waals surface area contributed by atoms with Crippen LogP contribution in [0.2, 0.25) is 0 Å². The molecule has 0 bridgehead atoms. The minimum atomic E-state index is -1.63. The van der Waals surface area contributed by atoms with Gasteiger partial charge in [-0.25, -0.2) is 4.79 Å². The first-order valence-electron chi connectivity index (χ1n) is 1.70. The van der Waals surface area contributed by atoms with Gasteiger partial charge in [-0.3, -0.25) is 0 Å². The summed E-state index contributed by atoms with van der Waals surface area (Å²) < 4.78 is 0. The molecule has 0 amide bonds. The Labute approximate surface area is 51.0 Å². The number of carbonyl (C=O) groups is 1. The average Bonchev–Trinajstić information content (AvgIpc) is 1.65. The zero-order chi connectivity index (χ0) is 5.86. The molecule has 6 nitrogen and oxygen atoms in total. The van der Waals surface area contributed by atoms with E-state index in [2.05, 4.69) is 0 Å². The van der Waals surface area contributed by atoms with E-state index in [9.17, 15) is 4.79 Å². The summed E-state index contributed by atoms with van der Waals surface area (Å²) in [7, 11) is 0. The van der Waals surface area contributed by atoms with Crippen LogP contribution in [-0.4, -0.2) is 45.0 Å². The molecule has 0 aromatic heterocycles. The quantitative estimate of drug-likeness (QED) is 0.372. The lowest BCUT2D eigenvalue weighted by Gasteiger charge is -1.95. The summed E-state index contributed by atoms with van der Waals surface area (Å²) in [6, 6.07) is 0. The normalized spacial score (nSPS) is 10.4. The Balaban J connectivity index is -0.000000180. The van der Waals surface area contributed by atoms with Gasteiger partial charge in [0.15, 0.2) is 6.10 Å². The Bertz CT molecular complexity index is 70.7. The first-order valence-corrected chi connectivity index (χ1v) is 1.70. The van der Waals surface area contributed by atoms with Crippen LogP contribution in [0.3, 0.4) is 0 Å². The van der Waals surface area contributed by atoms with Crippen LogP contribution in [0.15, 0.2) is 0 Å². The summed E-state index contributed by atoms with van der Waals surface area (Å²) in [5.74, 6) is -1.40. The van der Waals surface area contributed by atoms with Gasteiger partial charge in [0.25, 0.3) is 0 Å². The minimum Gasteiger partial charge on any atom is -0.479 e. The van der Waals surface area contributed by atoms with Crippen molar-refractivity contribution in [2.45, 2.75) is 6.10 Å². The Kier molecular flexibility index (Phi) is 12.8. The van der Waals surface area contributed by atoms with Crippen LogP contribution in [0.25, 0.3) is 0 Å². The molecule has 0 aromatic rings. The smallest absolute Gasteiger partial charge is 0.334 e. The summed E-state index contributed by atoms with van der Waals surface area (Å²) in [5, 5.41) is 23.7. The minimum absolute atomic E-state index is 0. The molecule has 0 aromatic carbocycles. The summed E-state index contributed by atoms with van der Waals surface area (Å²) in [6.07, 6.45) is -1.63. The van der Waals surface area contributed by atoms with Crippen LogP contribution in [0.5, 0.6) is 0 Å². The molecule has 0 fully saturated rings. The van der Waals surface area contributed by atoms with E-state index in [1.165, 1.54) is 0 Å². The predicted octanol–water partition coefficient (Wildman–Crippen LogP) is -3.23. The second kappa shape index (κ2) is 7.31. The summed E-state index contributed by atoms with van der Waals surface area (Å²) in [6.45, 7) is -0.727. The molecule has 6 heteroatoms. The molecule has 0 aliphatic heterocycles. The fourth-order valence-corrected chi connectivity index (χ4v) is 0.0781. The molecule has 0 spiro atoms. The van der Waals surface area contributed by atoms with Crippen molar-refractivity contribution in [2.75, 3.05) is 6.61 Å². The molecule has 0 saturated heterocycles. The Morgan fingerprint density at radius 3 is 1.78 bits per heavy atom. The summed E-state index contributed by atoms with van der Waals surface area (Å²) >= 11 is 0. The Hall–Kier alpha value is -0.690. The number of aliphatic hydroxyl groups is 2. The van der Waals surface area contributed by atoms with Gasteiger partial charge in [0.1, 0.15) is 0 Å². The predicted molar refractivity (Wildman–Crippen MR) is 28.0 cm³/mol. The van der Waals surface area contributed by atoms with E-state index in [1.54, 1.807) is 0 Å². The van der Waals surface area contributed by atoms with E-state index in [-0.39, 0.29) is 11.0 Å². The van der Waals surface area contributed by atoms with Crippen LogP contribution >= 0.6 is 0 Å². The molecule has 1 unspecified atom stereocenters. The van der Waals surface area contributed by atoms with Crippen LogP contribution < -0.4 is 0 Å². The second-order valence-corrected chi connectivity index (χ2v) is 1.04. The van der Waals surface area contributed by atoms with Gasteiger partial charge in [-0.2, -0.15) is 0 Å². The van der Waals surface area contributed by atoms with E-state index in [1.807, 2.05) is 0 Å². The molecule has 0 rings (SSSR count). The molecule has 0 aliphatic rings. The first kappa shape index (κ1) is 15.7. The molecule has 0 aliphatic carbocycles. The first-order chi connectivity index (χ1) is 3.18. The third-order valence-electron chi connectivity index (χ3n) is 0.458. The van der Waals surface area contributed by atoms with E-state index in [4.69, 9.17) is 15.3 Å². The third kappa shape index (κ3) is 7.31. The topological polar surface area (TPSA) is 141 Å². The number of aliphatic carboxylic acids is 1. The number of carboxylic acids is 1. The van der Waals surface area contributed by atoms with Crippen LogP contribution in [-0.2, 0) is 4.79 Å². The van der Waals surface area contributed by atoms with Crippen LogP contribution in [0.1, 0.15) is 0 Å². The maximum absolute atomic E-state index is 9.52. The van der Waals surface area contributed by atoms with Crippen molar-refractivity contribution in [3.8, 4) is 0 Å². The highest BCUT2D eigenvalue weighted by Gasteiger charge is 2.08. The molecule has 0 radical (unpaired) electrons. The highest BCUT2D eigenvalue weighted by Crippen LogP contribution is 1.75. The lowest BCUT2D eigenvalue weighted by Crippen LogP contribution is -2.22. The van der Waals surface area contributed by atoms with Gasteiger partial charge < -0.3 is 26.3 Å². The molecule has 0 heterocycles. The second-order valence-electron chi connectivity index (χ2n) is 1.04. The van der Waals surface area contributed by atoms with Gasteiger partial charge in [-0.05, 0) is 0 Å². The molecule has 58 valence electrons. The summed E-state index contributed by atoms with van der Waals surface area (Å²) in [5.41, 5.74) is 0. The number of hydrogen-bond acceptors (Lipinski definition) is 3. The summed E-state index contributed by atoms with van der Waals surface area (Å²) in [4.78, 5) is 9.52. The van der Waals surface area contributed by atoms with Crippen molar-refractivity contribution in [3.63, 3.8) is 0 Å². The van der Waals surface area contributed by atoms with Gasteiger partial charge in [-0.15, -0.1) is 0 Å². The molecule has 0 saturated carbocycles. The van der Waals surface area contributed by atoms with E-state index < -0.39 is 18.7 Å². The Morgan fingerprint density at radius 2 is 1.78 bits per heavy atom. The third-order valence-corrected chi connectivity index (χ3v) is 0.458. The standard InChI is InChI=1S/C3H6O4.2H2O/c4-1-2(5)3(6)7;;/h2,4-5H,1H2,(H,6,7);2*1H2.